The van der Waals surface area contributed by atoms with Gasteiger partial charge in [-0.15, -0.1) is 0 Å². The van der Waals surface area contributed by atoms with Gasteiger partial charge in [-0.2, -0.15) is 0 Å². The molecule has 1 heterocycles. The quantitative estimate of drug-likeness (QED) is 0.928. The molecule has 5 heteroatoms. The molecular formula is C16H21FN2O2. The number of nitrogens with zero attached hydrogens (tertiary/aromatic N) is 1. The Hall–Kier alpha value is -1.91. The molecule has 1 fully saturated rings. The van der Waals surface area contributed by atoms with E-state index >= 15 is 0 Å². The third-order valence-electron chi connectivity index (χ3n) is 3.94. The van der Waals surface area contributed by atoms with Crippen LogP contribution in [0, 0.1) is 12.7 Å². The molecule has 0 bridgehead atoms. The summed E-state index contributed by atoms with van der Waals surface area (Å²) in [5.74, 6) is -0.550. The van der Waals surface area contributed by atoms with Crippen molar-refractivity contribution in [3.63, 3.8) is 0 Å². The first kappa shape index (κ1) is 15.5. The second-order valence-corrected chi connectivity index (χ2v) is 6.04. The molecule has 21 heavy (non-hydrogen) atoms. The number of benzene rings is 1. The van der Waals surface area contributed by atoms with Crippen molar-refractivity contribution in [2.24, 2.45) is 0 Å². The maximum Gasteiger partial charge on any atom is 0.248 e. The highest BCUT2D eigenvalue weighted by atomic mass is 19.1. The van der Waals surface area contributed by atoms with Gasteiger partial charge in [0.05, 0.1) is 0 Å². The van der Waals surface area contributed by atoms with Crippen LogP contribution in [0.2, 0.25) is 0 Å². The molecule has 114 valence electrons. The lowest BCUT2D eigenvalue weighted by Crippen LogP contribution is -2.67. The van der Waals surface area contributed by atoms with Crippen molar-refractivity contribution in [2.75, 3.05) is 0 Å². The number of carbonyl (C=O) groups is 2. The van der Waals surface area contributed by atoms with Crippen LogP contribution < -0.4 is 5.32 Å². The van der Waals surface area contributed by atoms with E-state index in [9.17, 15) is 14.0 Å². The van der Waals surface area contributed by atoms with Crippen LogP contribution in [0.3, 0.4) is 0 Å². The van der Waals surface area contributed by atoms with Gasteiger partial charge in [0.1, 0.15) is 17.4 Å². The predicted molar refractivity (Wildman–Crippen MR) is 78.0 cm³/mol. The summed E-state index contributed by atoms with van der Waals surface area (Å²) in [6.45, 7) is 7.40. The van der Waals surface area contributed by atoms with Crippen molar-refractivity contribution in [3.05, 3.63) is 35.1 Å². The van der Waals surface area contributed by atoms with Gasteiger partial charge in [0.15, 0.2) is 0 Å². The molecule has 1 saturated heterocycles. The Balaban J connectivity index is 2.33. The molecule has 0 radical (unpaired) electrons. The van der Waals surface area contributed by atoms with Gasteiger partial charge >= 0.3 is 0 Å². The summed E-state index contributed by atoms with van der Waals surface area (Å²) in [4.78, 5) is 26.3. The number of rotatable bonds is 3. The van der Waals surface area contributed by atoms with E-state index < -0.39 is 11.6 Å². The fourth-order valence-electron chi connectivity index (χ4n) is 2.69. The number of carbonyl (C=O) groups excluding carboxylic acids is 2. The van der Waals surface area contributed by atoms with E-state index in [1.54, 1.807) is 31.7 Å². The van der Waals surface area contributed by atoms with E-state index in [4.69, 9.17) is 0 Å². The van der Waals surface area contributed by atoms with Gasteiger partial charge < -0.3 is 10.2 Å². The van der Waals surface area contributed by atoms with Crippen LogP contribution >= 0.6 is 0 Å². The first-order valence-electron chi connectivity index (χ1n) is 7.14. The molecule has 2 amide bonds. The number of nitrogens with one attached hydrogen (secondary N) is 1. The van der Waals surface area contributed by atoms with Crippen LogP contribution in [0.1, 0.15) is 38.3 Å². The predicted octanol–water partition coefficient (Wildman–Crippen LogP) is 2.15. The molecule has 2 rings (SSSR count). The number of piperazine rings is 1. The molecule has 1 unspecified atom stereocenters. The van der Waals surface area contributed by atoms with Gasteiger partial charge in [-0.05, 0) is 50.5 Å². The number of hydrogen-bond donors (Lipinski definition) is 1. The number of aryl methyl sites for hydroxylation is 1. The molecular weight excluding hydrogens is 271 g/mol. The number of amides is 2. The Morgan fingerprint density at radius 2 is 2.00 bits per heavy atom. The average molecular weight is 292 g/mol. The Morgan fingerprint density at radius 1 is 1.33 bits per heavy atom. The fraction of sp³-hybridized carbons (Fsp3) is 0.500. The third kappa shape index (κ3) is 2.91. The number of halogens is 1. The molecule has 0 aromatic heterocycles. The highest BCUT2D eigenvalue weighted by Crippen LogP contribution is 2.23. The van der Waals surface area contributed by atoms with E-state index in [1.165, 1.54) is 12.1 Å². The summed E-state index contributed by atoms with van der Waals surface area (Å²) in [7, 11) is 0. The molecule has 1 atom stereocenters. The summed E-state index contributed by atoms with van der Waals surface area (Å²) in [5.41, 5.74) is 0.728. The van der Waals surface area contributed by atoms with Crippen molar-refractivity contribution >= 4 is 11.8 Å². The molecule has 4 nitrogen and oxygen atoms in total. The molecule has 0 saturated carbocycles. The van der Waals surface area contributed by atoms with Crippen molar-refractivity contribution < 1.29 is 14.0 Å². The monoisotopic (exact) mass is 292 g/mol. The first-order valence-corrected chi connectivity index (χ1v) is 7.14. The molecule has 1 aromatic carbocycles. The van der Waals surface area contributed by atoms with Crippen LogP contribution in [0.5, 0.6) is 0 Å². The smallest absolute Gasteiger partial charge is 0.248 e. The molecule has 1 aliphatic heterocycles. The Kier molecular flexibility index (Phi) is 4.03. The highest BCUT2D eigenvalue weighted by molar-refractivity contribution is 5.99. The minimum absolute atomic E-state index is 0.113. The zero-order chi connectivity index (χ0) is 15.8. The van der Waals surface area contributed by atoms with E-state index in [0.29, 0.717) is 13.0 Å². The van der Waals surface area contributed by atoms with Gasteiger partial charge in [-0.1, -0.05) is 13.0 Å². The summed E-state index contributed by atoms with van der Waals surface area (Å²) in [6.07, 6.45) is 0.549. The second kappa shape index (κ2) is 5.47. The van der Waals surface area contributed by atoms with Crippen molar-refractivity contribution in [1.82, 2.24) is 10.2 Å². The Labute approximate surface area is 124 Å². The van der Waals surface area contributed by atoms with Crippen LogP contribution in [0.15, 0.2) is 18.2 Å². The largest absolute Gasteiger partial charge is 0.340 e. The van der Waals surface area contributed by atoms with Crippen LogP contribution in [-0.2, 0) is 16.1 Å². The van der Waals surface area contributed by atoms with E-state index in [1.807, 2.05) is 6.92 Å². The molecule has 1 aliphatic rings. The van der Waals surface area contributed by atoms with Gasteiger partial charge in [-0.25, -0.2) is 4.39 Å². The van der Waals surface area contributed by atoms with E-state index in [0.717, 1.165) is 11.1 Å². The van der Waals surface area contributed by atoms with Gasteiger partial charge in [0.25, 0.3) is 0 Å². The number of hydrogen-bond acceptors (Lipinski definition) is 2. The molecule has 0 aliphatic carbocycles. The van der Waals surface area contributed by atoms with Crippen LogP contribution in [0.25, 0.3) is 0 Å². The second-order valence-electron chi connectivity index (χ2n) is 6.04. The van der Waals surface area contributed by atoms with Crippen LogP contribution in [-0.4, -0.2) is 28.3 Å². The first-order chi connectivity index (χ1) is 9.76. The maximum absolute atomic E-state index is 13.2. The van der Waals surface area contributed by atoms with Gasteiger partial charge in [0.2, 0.25) is 11.8 Å². The summed E-state index contributed by atoms with van der Waals surface area (Å²) in [5, 5.41) is 2.76. The Morgan fingerprint density at radius 3 is 2.57 bits per heavy atom. The van der Waals surface area contributed by atoms with Gasteiger partial charge in [-0.3, -0.25) is 9.59 Å². The Bertz CT molecular complexity index is 584. The van der Waals surface area contributed by atoms with Crippen molar-refractivity contribution in [2.45, 2.75) is 52.2 Å². The highest BCUT2D eigenvalue weighted by Gasteiger charge is 2.44. The lowest BCUT2D eigenvalue weighted by molar-refractivity contribution is -0.154. The third-order valence-corrected chi connectivity index (χ3v) is 3.94. The fourth-order valence-corrected chi connectivity index (χ4v) is 2.69. The lowest BCUT2D eigenvalue weighted by atomic mass is 9.94. The minimum atomic E-state index is -0.906. The maximum atomic E-state index is 13.2. The normalized spacial score (nSPS) is 21.4. The van der Waals surface area contributed by atoms with E-state index in [2.05, 4.69) is 5.32 Å². The lowest BCUT2D eigenvalue weighted by Gasteiger charge is -2.42. The molecule has 1 aromatic rings. The average Bonchev–Trinajstić information content (AvgIpc) is 2.38. The molecule has 0 spiro atoms. The summed E-state index contributed by atoms with van der Waals surface area (Å²) >= 11 is 0. The summed E-state index contributed by atoms with van der Waals surface area (Å²) < 4.78 is 13.2. The SMILES string of the molecule is CCC1C(=O)NC(C)(C)C(=O)N1Cc1ccc(F)cc1C. The minimum Gasteiger partial charge on any atom is -0.340 e. The topological polar surface area (TPSA) is 49.4 Å². The standard InChI is InChI=1S/C16H21FN2O2/c1-5-13-14(20)18-16(3,4)15(21)19(13)9-11-6-7-12(17)8-10(11)2/h6-8,13H,5,9H2,1-4H3,(H,18,20). The molecule has 1 N–H and O–H groups in total. The summed E-state index contributed by atoms with van der Waals surface area (Å²) in [6, 6.07) is 4.01. The van der Waals surface area contributed by atoms with Crippen LogP contribution in [0.4, 0.5) is 4.39 Å². The van der Waals surface area contributed by atoms with Crippen molar-refractivity contribution in [3.8, 4) is 0 Å². The zero-order valence-electron chi connectivity index (χ0n) is 12.9. The van der Waals surface area contributed by atoms with Gasteiger partial charge in [0, 0.05) is 6.54 Å². The van der Waals surface area contributed by atoms with Crippen molar-refractivity contribution in [1.29, 1.82) is 0 Å². The van der Waals surface area contributed by atoms with E-state index in [-0.39, 0.29) is 17.6 Å². The zero-order valence-corrected chi connectivity index (χ0v) is 12.9.